The zero-order valence-corrected chi connectivity index (χ0v) is 41.6. The second-order valence-electron chi connectivity index (χ2n) is 20.4. The fourth-order valence-corrected chi connectivity index (χ4v) is 10.0. The predicted octanol–water partition coefficient (Wildman–Crippen LogP) is 5.60. The molecule has 366 valence electrons. The van der Waals surface area contributed by atoms with Crippen LogP contribution in [0.1, 0.15) is 103 Å². The number of esters is 1. The molecular weight excluding hydrogens is 889 g/mol. The van der Waals surface area contributed by atoms with Crippen LogP contribution in [0.5, 0.6) is 17.2 Å². The van der Waals surface area contributed by atoms with Gasteiger partial charge in [-0.2, -0.15) is 0 Å². The Hall–Kier alpha value is -5.27. The first-order valence-electron chi connectivity index (χ1n) is 22.5. The number of ether oxygens (including phenoxy) is 5. The molecule has 3 saturated carbocycles. The molecule has 6 atom stereocenters. The van der Waals surface area contributed by atoms with Crippen molar-refractivity contribution in [1.29, 1.82) is 0 Å². The van der Waals surface area contributed by atoms with Crippen molar-refractivity contribution in [1.82, 2.24) is 25.3 Å². The van der Waals surface area contributed by atoms with E-state index in [-0.39, 0.29) is 83.4 Å². The zero-order chi connectivity index (χ0) is 49.6. The number of carbonyl (C=O) groups excluding carboxylic acids is 6. The number of halogens is 1. The molecule has 0 spiro atoms. The van der Waals surface area contributed by atoms with E-state index in [9.17, 15) is 24.0 Å². The molecule has 2 saturated heterocycles. The average Bonchev–Trinajstić information content (AvgIpc) is 3.61. The lowest BCUT2D eigenvalue weighted by molar-refractivity contribution is -0.199. The fraction of sp³-hybridized carbons (Fsp3) is 0.617. The van der Waals surface area contributed by atoms with Gasteiger partial charge in [-0.1, -0.05) is 43.6 Å². The molecule has 20 heteroatoms. The van der Waals surface area contributed by atoms with Gasteiger partial charge in [-0.15, -0.1) is 0 Å². The fourth-order valence-electron chi connectivity index (χ4n) is 9.67. The number of hydrogen-bond donors (Lipinski definition) is 2. The van der Waals surface area contributed by atoms with E-state index in [1.54, 1.807) is 59.7 Å². The monoisotopic (exact) mass is 953 g/mol. The molecule has 6 amide bonds. The van der Waals surface area contributed by atoms with Crippen molar-refractivity contribution in [3.63, 3.8) is 0 Å². The summed E-state index contributed by atoms with van der Waals surface area (Å²) < 4.78 is 41.6. The maximum atomic E-state index is 15.1. The third-order valence-corrected chi connectivity index (χ3v) is 13.7. The van der Waals surface area contributed by atoms with E-state index in [0.29, 0.717) is 11.5 Å². The van der Waals surface area contributed by atoms with Crippen LogP contribution in [-0.2, 0) is 39.6 Å². The van der Waals surface area contributed by atoms with Gasteiger partial charge >= 0.3 is 37.0 Å². The van der Waals surface area contributed by atoms with Gasteiger partial charge in [-0.25, -0.2) is 14.4 Å². The van der Waals surface area contributed by atoms with E-state index in [2.05, 4.69) is 24.5 Å². The number of hydrogen-bond acceptors (Lipinski definition) is 13. The molecule has 2 heterocycles. The summed E-state index contributed by atoms with van der Waals surface area (Å²) in [6.45, 7) is 16.8. The van der Waals surface area contributed by atoms with Crippen molar-refractivity contribution in [2.75, 3.05) is 54.6 Å². The Bertz CT molecular complexity index is 2270. The number of piperazine rings is 1. The van der Waals surface area contributed by atoms with E-state index >= 15 is 4.79 Å². The number of carbonyl (C=O) groups is 6. The van der Waals surface area contributed by atoms with Gasteiger partial charge in [-0.05, 0) is 103 Å². The van der Waals surface area contributed by atoms with Crippen LogP contribution in [0, 0.1) is 17.3 Å². The highest BCUT2D eigenvalue weighted by atomic mass is 35.5. The Morgan fingerprint density at radius 3 is 2.18 bits per heavy atom. The first-order chi connectivity index (χ1) is 31.2. The largest absolute Gasteiger partial charge is 0.496 e. The first-order valence-corrected chi connectivity index (χ1v) is 22.9. The minimum absolute atomic E-state index is 0.000969. The second-order valence-corrected chi connectivity index (χ2v) is 20.8. The Labute approximate surface area is 398 Å². The SMILES string of the molecule is COc1ccc(C(NC(=O)N2CCN(CCN(C)C(=O)OC(C)(C)C)C(=O)C2=O)C(=O)N[C@@H](Cc2cccc(C(=O)OC(C)(C)C)c2OC)B2O[C@@H]3C[C@@H]4C[C@@H](C4(C)C)[C@]3(C)O2)c(Cl)c1OC. The molecule has 5 fully saturated rings. The Morgan fingerprint density at radius 1 is 0.896 bits per heavy atom. The number of amides is 6. The van der Waals surface area contributed by atoms with Gasteiger partial charge in [0.05, 0.1) is 44.0 Å². The summed E-state index contributed by atoms with van der Waals surface area (Å²) in [7, 11) is 4.72. The summed E-state index contributed by atoms with van der Waals surface area (Å²) in [5, 5.41) is 5.66. The van der Waals surface area contributed by atoms with Gasteiger partial charge in [0.25, 0.3) is 0 Å². The van der Waals surface area contributed by atoms with Gasteiger partial charge in [0, 0.05) is 38.8 Å². The molecule has 18 nitrogen and oxygen atoms in total. The van der Waals surface area contributed by atoms with Crippen molar-refractivity contribution in [3.8, 4) is 17.2 Å². The topological polar surface area (TPSA) is 201 Å². The summed E-state index contributed by atoms with van der Waals surface area (Å²) in [6, 6.07) is 5.39. The number of urea groups is 1. The van der Waals surface area contributed by atoms with Gasteiger partial charge in [0.2, 0.25) is 5.91 Å². The van der Waals surface area contributed by atoms with Crippen molar-refractivity contribution in [2.45, 2.75) is 116 Å². The predicted molar refractivity (Wildman–Crippen MR) is 247 cm³/mol. The Kier molecular flexibility index (Phi) is 14.8. The van der Waals surface area contributed by atoms with E-state index in [1.807, 2.05) is 6.92 Å². The molecule has 2 N–H and O–H groups in total. The summed E-state index contributed by atoms with van der Waals surface area (Å²) >= 11 is 6.94. The third kappa shape index (κ3) is 10.6. The molecule has 2 aliphatic heterocycles. The molecule has 2 aromatic rings. The maximum absolute atomic E-state index is 15.1. The minimum atomic E-state index is -1.60. The lowest BCUT2D eigenvalue weighted by atomic mass is 9.43. The minimum Gasteiger partial charge on any atom is -0.496 e. The van der Waals surface area contributed by atoms with Crippen LogP contribution in [0.4, 0.5) is 9.59 Å². The first kappa shape index (κ1) is 51.1. The van der Waals surface area contributed by atoms with E-state index < -0.39 is 71.7 Å². The summed E-state index contributed by atoms with van der Waals surface area (Å²) in [6.07, 6.45) is 0.879. The molecule has 0 aromatic heterocycles. The molecule has 3 aliphatic carbocycles. The molecule has 1 unspecified atom stereocenters. The van der Waals surface area contributed by atoms with Crippen LogP contribution in [0.25, 0.3) is 0 Å². The van der Waals surface area contributed by atoms with Gasteiger partial charge in [0.1, 0.15) is 28.6 Å². The lowest BCUT2D eigenvalue weighted by Gasteiger charge is -2.64. The Morgan fingerprint density at radius 2 is 1.57 bits per heavy atom. The van der Waals surface area contributed by atoms with Crippen molar-refractivity contribution >= 4 is 54.5 Å². The summed E-state index contributed by atoms with van der Waals surface area (Å²) in [4.78, 5) is 85.6. The van der Waals surface area contributed by atoms with Gasteiger partial charge in [0.15, 0.2) is 11.5 Å². The molecule has 2 bridgehead atoms. The van der Waals surface area contributed by atoms with Crippen LogP contribution >= 0.6 is 11.6 Å². The van der Waals surface area contributed by atoms with E-state index in [0.717, 1.165) is 17.7 Å². The van der Waals surface area contributed by atoms with Crippen molar-refractivity contribution < 1.29 is 61.8 Å². The molecular formula is C47H65BClN5O13. The summed E-state index contributed by atoms with van der Waals surface area (Å²) in [5.41, 5.74) is -1.43. The number of imide groups is 1. The van der Waals surface area contributed by atoms with Gasteiger partial charge < -0.3 is 53.4 Å². The second kappa shape index (κ2) is 19.4. The molecule has 67 heavy (non-hydrogen) atoms. The van der Waals surface area contributed by atoms with Crippen LogP contribution in [0.15, 0.2) is 30.3 Å². The maximum Gasteiger partial charge on any atom is 0.482 e. The number of para-hydroxylation sites is 1. The molecule has 7 rings (SSSR count). The van der Waals surface area contributed by atoms with Crippen LogP contribution < -0.4 is 24.8 Å². The normalized spacial score (nSPS) is 23.0. The molecule has 2 aromatic carbocycles. The third-order valence-electron chi connectivity index (χ3n) is 13.3. The number of nitrogens with one attached hydrogen (secondary N) is 2. The quantitative estimate of drug-likeness (QED) is 0.135. The number of nitrogens with zero attached hydrogens (tertiary/aromatic N) is 3. The number of rotatable bonds is 14. The Balaban J connectivity index is 1.31. The highest BCUT2D eigenvalue weighted by molar-refractivity contribution is 6.48. The van der Waals surface area contributed by atoms with E-state index in [1.165, 1.54) is 50.3 Å². The van der Waals surface area contributed by atoms with Crippen molar-refractivity contribution in [3.05, 3.63) is 52.0 Å². The number of benzene rings is 2. The lowest BCUT2D eigenvalue weighted by Crippen LogP contribution is -2.65. The standard InChI is InChI=1S/C47H65BClN5O13/c1-44(2,3)64-41(58)29-16-14-15-26(36(29)62-12)23-33(48-66-32-25-27-24-31(46(27,7)8)47(32,9)67-48)50-38(55)35(28-17-18-30(61-11)37(63-13)34(28)49)51-42(59)54-22-21-53(39(56)40(54)57)20-19-52(10)43(60)65-45(4,5)6/h14-18,27,31-33,35H,19-25H2,1-13H3,(H,50,55)(H,51,59)/t27-,31-,32+,33-,35?,47-/m0/s1. The van der Waals surface area contributed by atoms with Crippen LogP contribution in [-0.4, -0.2) is 141 Å². The number of likely N-dealkylation sites (N-methyl/N-ethyl adjacent to an activating group) is 1. The highest BCUT2D eigenvalue weighted by Gasteiger charge is 2.68. The average molecular weight is 954 g/mol. The van der Waals surface area contributed by atoms with Crippen molar-refractivity contribution in [2.24, 2.45) is 17.3 Å². The number of methoxy groups -OCH3 is 3. The molecule has 0 radical (unpaired) electrons. The zero-order valence-electron chi connectivity index (χ0n) is 40.8. The summed E-state index contributed by atoms with van der Waals surface area (Å²) in [5.74, 6) is -3.31. The van der Waals surface area contributed by atoms with Gasteiger partial charge in [-0.3, -0.25) is 19.3 Å². The van der Waals surface area contributed by atoms with Crippen LogP contribution in [0.3, 0.4) is 0 Å². The molecule has 5 aliphatic rings. The highest BCUT2D eigenvalue weighted by Crippen LogP contribution is 2.65. The van der Waals surface area contributed by atoms with Crippen LogP contribution in [0.2, 0.25) is 5.02 Å². The van der Waals surface area contributed by atoms with E-state index in [4.69, 9.17) is 44.6 Å². The smallest absolute Gasteiger partial charge is 0.482 e.